The average molecular weight is 406 g/mol. The molecule has 0 spiro atoms. The van der Waals surface area contributed by atoms with E-state index in [1.807, 2.05) is 26.1 Å². The maximum atomic E-state index is 13.2. The van der Waals surface area contributed by atoms with Gasteiger partial charge >= 0.3 is 0 Å². The number of hydrogen-bond donors (Lipinski definition) is 2. The van der Waals surface area contributed by atoms with Crippen molar-refractivity contribution in [3.8, 4) is 0 Å². The van der Waals surface area contributed by atoms with Gasteiger partial charge in [0.1, 0.15) is 0 Å². The van der Waals surface area contributed by atoms with Gasteiger partial charge < -0.3 is 15.4 Å². The van der Waals surface area contributed by atoms with Crippen LogP contribution in [-0.4, -0.2) is 36.2 Å². The quantitative estimate of drug-likeness (QED) is 0.811. The van der Waals surface area contributed by atoms with E-state index in [0.29, 0.717) is 15.7 Å². The molecule has 7 heteroatoms. The third-order valence-electron chi connectivity index (χ3n) is 5.52. The predicted octanol–water partition coefficient (Wildman–Crippen LogP) is 3.79. The number of carbonyl (C=O) groups excluding carboxylic acids is 1. The molecule has 2 saturated heterocycles. The number of anilines is 1. The maximum absolute atomic E-state index is 13.2. The standard InChI is InChI=1S/C20H21Cl2N3O2/c1-10-7-11(5-6-24-10)17-18(16-9-15(23-2)19(17)27-16)20(26)25-12-3-4-13(21)14(22)8-12/h3-8,15-19,23H,9H2,1-2H3,(H,25,26). The molecule has 5 nitrogen and oxygen atoms in total. The zero-order valence-corrected chi connectivity index (χ0v) is 16.6. The number of aromatic nitrogens is 1. The Labute approximate surface area is 168 Å². The third kappa shape index (κ3) is 3.45. The maximum Gasteiger partial charge on any atom is 0.230 e. The summed E-state index contributed by atoms with van der Waals surface area (Å²) < 4.78 is 6.21. The lowest BCUT2D eigenvalue weighted by molar-refractivity contribution is -0.121. The zero-order chi connectivity index (χ0) is 19.1. The van der Waals surface area contributed by atoms with Crippen LogP contribution in [0.4, 0.5) is 5.69 Å². The number of amides is 1. The number of aryl methyl sites for hydroxylation is 1. The van der Waals surface area contributed by atoms with Crippen LogP contribution in [0.15, 0.2) is 36.5 Å². The second kappa shape index (κ2) is 7.40. The molecule has 0 aliphatic carbocycles. The van der Waals surface area contributed by atoms with Crippen LogP contribution in [-0.2, 0) is 9.53 Å². The SMILES string of the molecule is CNC1CC2OC1C(c1ccnc(C)c1)C2C(=O)Nc1ccc(Cl)c(Cl)c1. The van der Waals surface area contributed by atoms with Crippen molar-refractivity contribution in [1.82, 2.24) is 10.3 Å². The Balaban J connectivity index is 1.63. The van der Waals surface area contributed by atoms with Gasteiger partial charge in [0.25, 0.3) is 0 Å². The molecule has 4 rings (SSSR count). The number of halogens is 2. The summed E-state index contributed by atoms with van der Waals surface area (Å²) in [5.74, 6) is -0.351. The summed E-state index contributed by atoms with van der Waals surface area (Å²) in [4.78, 5) is 17.4. The van der Waals surface area contributed by atoms with Gasteiger partial charge in [0.2, 0.25) is 5.91 Å². The number of rotatable bonds is 4. The van der Waals surface area contributed by atoms with Crippen molar-refractivity contribution in [2.24, 2.45) is 5.92 Å². The van der Waals surface area contributed by atoms with Crippen molar-refractivity contribution in [1.29, 1.82) is 0 Å². The van der Waals surface area contributed by atoms with Crippen molar-refractivity contribution in [3.63, 3.8) is 0 Å². The van der Waals surface area contributed by atoms with Crippen molar-refractivity contribution < 1.29 is 9.53 Å². The lowest BCUT2D eigenvalue weighted by Crippen LogP contribution is -2.45. The number of carbonyl (C=O) groups is 1. The largest absolute Gasteiger partial charge is 0.372 e. The van der Waals surface area contributed by atoms with Crippen molar-refractivity contribution in [2.45, 2.75) is 37.5 Å². The molecule has 1 amide bonds. The molecule has 5 atom stereocenters. The first-order chi connectivity index (χ1) is 13.0. The van der Waals surface area contributed by atoms with E-state index < -0.39 is 0 Å². The second-order valence-electron chi connectivity index (χ2n) is 7.17. The lowest BCUT2D eigenvalue weighted by Gasteiger charge is -2.32. The minimum absolute atomic E-state index is 0.0225. The molecule has 2 aromatic rings. The topological polar surface area (TPSA) is 63.2 Å². The fourth-order valence-corrected chi connectivity index (χ4v) is 4.62. The van der Waals surface area contributed by atoms with Crippen LogP contribution < -0.4 is 10.6 Å². The summed E-state index contributed by atoms with van der Waals surface area (Å²) in [6.07, 6.45) is 2.46. The van der Waals surface area contributed by atoms with Crippen molar-refractivity contribution in [3.05, 3.63) is 57.8 Å². The van der Waals surface area contributed by atoms with Crippen LogP contribution in [0.25, 0.3) is 0 Å². The Hall–Kier alpha value is -1.66. The van der Waals surface area contributed by atoms with E-state index in [1.54, 1.807) is 24.4 Å². The number of pyridine rings is 1. The van der Waals surface area contributed by atoms with E-state index in [9.17, 15) is 4.79 Å². The molecule has 1 aromatic carbocycles. The Morgan fingerprint density at radius 3 is 2.74 bits per heavy atom. The number of nitrogens with one attached hydrogen (secondary N) is 2. The van der Waals surface area contributed by atoms with Crippen molar-refractivity contribution >= 4 is 34.8 Å². The van der Waals surface area contributed by atoms with Crippen LogP contribution >= 0.6 is 23.2 Å². The first-order valence-corrected chi connectivity index (χ1v) is 9.74. The fourth-order valence-electron chi connectivity index (χ4n) is 4.32. The third-order valence-corrected chi connectivity index (χ3v) is 6.26. The van der Waals surface area contributed by atoms with Crippen LogP contribution in [0.2, 0.25) is 10.0 Å². The number of likely N-dealkylation sites (N-methyl/N-ethyl adjacent to an activating group) is 1. The number of hydrogen-bond acceptors (Lipinski definition) is 4. The monoisotopic (exact) mass is 405 g/mol. The minimum Gasteiger partial charge on any atom is -0.372 e. The van der Waals surface area contributed by atoms with Crippen LogP contribution in [0.5, 0.6) is 0 Å². The van der Waals surface area contributed by atoms with E-state index in [0.717, 1.165) is 17.7 Å². The van der Waals surface area contributed by atoms with E-state index in [1.165, 1.54) is 0 Å². The van der Waals surface area contributed by atoms with Gasteiger partial charge in [-0.05, 0) is 56.3 Å². The smallest absolute Gasteiger partial charge is 0.230 e. The summed E-state index contributed by atoms with van der Waals surface area (Å²) in [6, 6.07) is 9.36. The molecule has 27 heavy (non-hydrogen) atoms. The van der Waals surface area contributed by atoms with Gasteiger partial charge in [-0.15, -0.1) is 0 Å². The number of nitrogens with zero attached hydrogens (tertiary/aromatic N) is 1. The molecule has 5 unspecified atom stereocenters. The highest BCUT2D eigenvalue weighted by Crippen LogP contribution is 2.49. The highest BCUT2D eigenvalue weighted by molar-refractivity contribution is 6.42. The molecule has 142 valence electrons. The van der Waals surface area contributed by atoms with Gasteiger partial charge in [-0.2, -0.15) is 0 Å². The summed E-state index contributed by atoms with van der Waals surface area (Å²) in [5, 5.41) is 7.18. The fraction of sp³-hybridized carbons (Fsp3) is 0.400. The van der Waals surface area contributed by atoms with Crippen molar-refractivity contribution in [2.75, 3.05) is 12.4 Å². The Morgan fingerprint density at radius 1 is 1.22 bits per heavy atom. The molecule has 0 radical (unpaired) electrons. The molecule has 2 N–H and O–H groups in total. The van der Waals surface area contributed by atoms with Crippen LogP contribution in [0, 0.1) is 12.8 Å². The molecular weight excluding hydrogens is 385 g/mol. The highest BCUT2D eigenvalue weighted by atomic mass is 35.5. The van der Waals surface area contributed by atoms with Gasteiger partial charge in [0.05, 0.1) is 28.2 Å². The number of benzene rings is 1. The summed E-state index contributed by atoms with van der Waals surface area (Å²) in [5.41, 5.74) is 2.65. The Morgan fingerprint density at radius 2 is 2.04 bits per heavy atom. The highest BCUT2D eigenvalue weighted by Gasteiger charge is 2.56. The molecule has 2 aliphatic heterocycles. The molecular formula is C20H21Cl2N3O2. The molecule has 2 aliphatic rings. The van der Waals surface area contributed by atoms with E-state index in [2.05, 4.69) is 15.6 Å². The summed E-state index contributed by atoms with van der Waals surface area (Å²) in [7, 11) is 1.94. The summed E-state index contributed by atoms with van der Waals surface area (Å²) >= 11 is 12.0. The molecule has 1 aromatic heterocycles. The normalized spacial score (nSPS) is 29.1. The summed E-state index contributed by atoms with van der Waals surface area (Å²) in [6.45, 7) is 1.96. The van der Waals surface area contributed by atoms with Gasteiger partial charge in [0, 0.05) is 29.5 Å². The Kier molecular flexibility index (Phi) is 5.12. The second-order valence-corrected chi connectivity index (χ2v) is 7.98. The number of fused-ring (bicyclic) bond motifs is 2. The van der Waals surface area contributed by atoms with Crippen LogP contribution in [0.3, 0.4) is 0 Å². The van der Waals surface area contributed by atoms with Gasteiger partial charge in [-0.3, -0.25) is 9.78 Å². The number of ether oxygens (including phenoxy) is 1. The van der Waals surface area contributed by atoms with E-state index >= 15 is 0 Å². The van der Waals surface area contributed by atoms with E-state index in [4.69, 9.17) is 27.9 Å². The first kappa shape index (κ1) is 18.7. The van der Waals surface area contributed by atoms with E-state index in [-0.39, 0.29) is 36.0 Å². The first-order valence-electron chi connectivity index (χ1n) is 8.99. The molecule has 2 fully saturated rings. The van der Waals surface area contributed by atoms with Gasteiger partial charge in [-0.25, -0.2) is 0 Å². The molecule has 3 heterocycles. The average Bonchev–Trinajstić information content (AvgIpc) is 3.22. The molecule has 0 saturated carbocycles. The minimum atomic E-state index is -0.268. The molecule has 2 bridgehead atoms. The Bertz CT molecular complexity index is 876. The van der Waals surface area contributed by atoms with Crippen LogP contribution in [0.1, 0.15) is 23.6 Å². The zero-order valence-electron chi connectivity index (χ0n) is 15.1. The van der Waals surface area contributed by atoms with Gasteiger partial charge in [-0.1, -0.05) is 23.2 Å². The lowest BCUT2D eigenvalue weighted by atomic mass is 9.73. The van der Waals surface area contributed by atoms with Gasteiger partial charge in [0.15, 0.2) is 0 Å². The predicted molar refractivity (Wildman–Crippen MR) is 106 cm³/mol.